The van der Waals surface area contributed by atoms with Crippen LogP contribution in [0.15, 0.2) is 0 Å². The van der Waals surface area contributed by atoms with Crippen molar-refractivity contribution in [1.29, 1.82) is 0 Å². The molecule has 0 bridgehead atoms. The zero-order chi connectivity index (χ0) is 14.8. The molecule has 5 heteroatoms. The van der Waals surface area contributed by atoms with E-state index in [1.54, 1.807) is 4.90 Å². The normalized spacial score (nSPS) is 31.8. The summed E-state index contributed by atoms with van der Waals surface area (Å²) in [5, 5.41) is 3.26. The lowest BCUT2D eigenvalue weighted by Crippen LogP contribution is -2.55. The molecular formula is C15H27F3N2. The molecule has 0 radical (unpaired) electrons. The topological polar surface area (TPSA) is 15.3 Å². The lowest BCUT2D eigenvalue weighted by atomic mass is 9.79. The number of halogens is 3. The van der Waals surface area contributed by atoms with Gasteiger partial charge in [0.05, 0.1) is 6.54 Å². The summed E-state index contributed by atoms with van der Waals surface area (Å²) in [6.07, 6.45) is 3.14. The number of likely N-dealkylation sites (N-methyl/N-ethyl adjacent to an activating group) is 1. The molecule has 3 atom stereocenters. The van der Waals surface area contributed by atoms with Crippen LogP contribution in [0.5, 0.6) is 0 Å². The number of nitrogens with zero attached hydrogens (tertiary/aromatic N) is 1. The molecule has 2 aliphatic rings. The van der Waals surface area contributed by atoms with Crippen molar-refractivity contribution in [1.82, 2.24) is 10.2 Å². The van der Waals surface area contributed by atoms with Crippen molar-refractivity contribution in [2.75, 3.05) is 13.6 Å². The maximum atomic E-state index is 12.9. The molecule has 3 unspecified atom stereocenters. The predicted octanol–water partition coefficient (Wildman–Crippen LogP) is 3.57. The van der Waals surface area contributed by atoms with Crippen molar-refractivity contribution in [3.63, 3.8) is 0 Å². The van der Waals surface area contributed by atoms with Crippen molar-refractivity contribution < 1.29 is 13.2 Å². The van der Waals surface area contributed by atoms with E-state index in [0.29, 0.717) is 5.92 Å². The highest BCUT2D eigenvalue weighted by Crippen LogP contribution is 2.38. The van der Waals surface area contributed by atoms with Crippen LogP contribution in [0.4, 0.5) is 13.2 Å². The maximum absolute atomic E-state index is 12.9. The van der Waals surface area contributed by atoms with Crippen molar-refractivity contribution in [3.8, 4) is 0 Å². The zero-order valence-electron chi connectivity index (χ0n) is 12.5. The van der Waals surface area contributed by atoms with Gasteiger partial charge in [-0.25, -0.2) is 0 Å². The minimum Gasteiger partial charge on any atom is -0.315 e. The minimum atomic E-state index is -4.08. The lowest BCUT2D eigenvalue weighted by molar-refractivity contribution is -0.155. The molecular weight excluding hydrogens is 265 g/mol. The Labute approximate surface area is 120 Å². The van der Waals surface area contributed by atoms with E-state index in [9.17, 15) is 13.2 Å². The third-order valence-corrected chi connectivity index (χ3v) is 4.80. The van der Waals surface area contributed by atoms with Crippen LogP contribution in [0.3, 0.4) is 0 Å². The van der Waals surface area contributed by atoms with Crippen LogP contribution in [0.2, 0.25) is 0 Å². The number of alkyl halides is 3. The maximum Gasteiger partial charge on any atom is 0.401 e. The molecule has 1 N–H and O–H groups in total. The molecule has 0 spiro atoms. The Hall–Kier alpha value is -0.290. The predicted molar refractivity (Wildman–Crippen MR) is 74.7 cm³/mol. The molecule has 20 heavy (non-hydrogen) atoms. The monoisotopic (exact) mass is 292 g/mol. The molecule has 0 aromatic carbocycles. The Bertz CT molecular complexity index is 302. The molecule has 2 aliphatic carbocycles. The zero-order valence-corrected chi connectivity index (χ0v) is 12.5. The summed E-state index contributed by atoms with van der Waals surface area (Å²) >= 11 is 0. The number of hydrogen-bond donors (Lipinski definition) is 1. The van der Waals surface area contributed by atoms with Crippen molar-refractivity contribution in [2.45, 2.75) is 76.2 Å². The third kappa shape index (κ3) is 4.35. The average Bonchev–Trinajstić information content (AvgIpc) is 3.19. The van der Waals surface area contributed by atoms with Gasteiger partial charge in [-0.15, -0.1) is 0 Å². The number of rotatable bonds is 6. The second-order valence-electron chi connectivity index (χ2n) is 6.45. The quantitative estimate of drug-likeness (QED) is 0.805. The standard InChI is InChI=1S/C15H27F3N2/c1-3-4-11-5-8-13(19-2)14(9-11)20(12-6-7-12)10-15(16,17)18/h11-14,19H,3-10H2,1-2H3. The van der Waals surface area contributed by atoms with Crippen molar-refractivity contribution >= 4 is 0 Å². The molecule has 0 amide bonds. The Balaban J connectivity index is 2.06. The van der Waals surface area contributed by atoms with E-state index in [0.717, 1.165) is 44.9 Å². The van der Waals surface area contributed by atoms with Crippen molar-refractivity contribution in [3.05, 3.63) is 0 Å². The van der Waals surface area contributed by atoms with Gasteiger partial charge in [0.1, 0.15) is 0 Å². The van der Waals surface area contributed by atoms with E-state index in [1.807, 2.05) is 7.05 Å². The summed E-state index contributed by atoms with van der Waals surface area (Å²) in [5.74, 6) is 0.601. The molecule has 2 nitrogen and oxygen atoms in total. The number of nitrogens with one attached hydrogen (secondary N) is 1. The molecule has 118 valence electrons. The fraction of sp³-hybridized carbons (Fsp3) is 1.00. The highest BCUT2D eigenvalue weighted by molar-refractivity contribution is 4.97. The van der Waals surface area contributed by atoms with Crippen LogP contribution in [-0.4, -0.2) is 42.8 Å². The van der Waals surface area contributed by atoms with E-state index in [2.05, 4.69) is 12.2 Å². The van der Waals surface area contributed by atoms with Crippen LogP contribution in [-0.2, 0) is 0 Å². The van der Waals surface area contributed by atoms with Crippen molar-refractivity contribution in [2.24, 2.45) is 5.92 Å². The molecule has 2 fully saturated rings. The molecule has 0 aliphatic heterocycles. The Morgan fingerprint density at radius 1 is 1.15 bits per heavy atom. The first-order chi connectivity index (χ1) is 9.44. The van der Waals surface area contributed by atoms with E-state index in [4.69, 9.17) is 0 Å². The van der Waals surface area contributed by atoms with E-state index < -0.39 is 12.7 Å². The van der Waals surface area contributed by atoms with E-state index >= 15 is 0 Å². The molecule has 2 saturated carbocycles. The second kappa shape index (κ2) is 6.65. The summed E-state index contributed by atoms with van der Waals surface area (Å²) in [7, 11) is 1.89. The van der Waals surface area contributed by atoms with Crippen LogP contribution in [0.1, 0.15) is 51.9 Å². The van der Waals surface area contributed by atoms with Gasteiger partial charge < -0.3 is 5.32 Å². The smallest absolute Gasteiger partial charge is 0.315 e. The van der Waals surface area contributed by atoms with E-state index in [-0.39, 0.29) is 18.1 Å². The minimum absolute atomic E-state index is 0.0550. The molecule has 0 heterocycles. The Morgan fingerprint density at radius 2 is 1.85 bits per heavy atom. The molecule has 2 rings (SSSR count). The van der Waals surface area contributed by atoms with Gasteiger partial charge in [0.15, 0.2) is 0 Å². The summed E-state index contributed by atoms with van der Waals surface area (Å²) < 4.78 is 38.6. The largest absolute Gasteiger partial charge is 0.401 e. The fourth-order valence-corrected chi connectivity index (χ4v) is 3.74. The van der Waals surface area contributed by atoms with Crippen LogP contribution in [0.25, 0.3) is 0 Å². The second-order valence-corrected chi connectivity index (χ2v) is 6.45. The van der Waals surface area contributed by atoms with Gasteiger partial charge in [-0.2, -0.15) is 13.2 Å². The first-order valence-electron chi connectivity index (χ1n) is 7.94. The average molecular weight is 292 g/mol. The lowest BCUT2D eigenvalue weighted by Gasteiger charge is -2.43. The summed E-state index contributed by atoms with van der Waals surface area (Å²) in [4.78, 5) is 1.75. The van der Waals surface area contributed by atoms with Gasteiger partial charge in [0, 0.05) is 18.1 Å². The highest BCUT2D eigenvalue weighted by atomic mass is 19.4. The highest BCUT2D eigenvalue weighted by Gasteiger charge is 2.44. The summed E-state index contributed by atoms with van der Waals surface area (Å²) in [5.41, 5.74) is 0. The fourth-order valence-electron chi connectivity index (χ4n) is 3.74. The van der Waals surface area contributed by atoms with Gasteiger partial charge in [0.25, 0.3) is 0 Å². The Morgan fingerprint density at radius 3 is 2.35 bits per heavy atom. The summed E-state index contributed by atoms with van der Waals surface area (Å²) in [6, 6.07) is 0.434. The van der Waals surface area contributed by atoms with Gasteiger partial charge in [0.2, 0.25) is 0 Å². The van der Waals surface area contributed by atoms with Crippen LogP contribution >= 0.6 is 0 Å². The third-order valence-electron chi connectivity index (χ3n) is 4.80. The first kappa shape index (κ1) is 16.1. The van der Waals surface area contributed by atoms with Gasteiger partial charge in [-0.05, 0) is 45.1 Å². The van der Waals surface area contributed by atoms with Gasteiger partial charge in [-0.1, -0.05) is 19.8 Å². The molecule has 0 saturated heterocycles. The first-order valence-corrected chi connectivity index (χ1v) is 7.94. The van der Waals surface area contributed by atoms with E-state index in [1.165, 1.54) is 0 Å². The SMILES string of the molecule is CCCC1CCC(NC)C(N(CC(F)(F)F)C2CC2)C1. The van der Waals surface area contributed by atoms with Gasteiger partial charge in [-0.3, -0.25) is 4.90 Å². The molecule has 0 aromatic heterocycles. The van der Waals surface area contributed by atoms with Gasteiger partial charge >= 0.3 is 6.18 Å². The summed E-state index contributed by atoms with van der Waals surface area (Å²) in [6.45, 7) is 1.42. The molecule has 0 aromatic rings. The van der Waals surface area contributed by atoms with Crippen LogP contribution in [0, 0.1) is 5.92 Å². The number of hydrogen-bond acceptors (Lipinski definition) is 2. The Kier molecular flexibility index (Phi) is 5.35. The van der Waals surface area contributed by atoms with Crippen LogP contribution < -0.4 is 5.32 Å².